The number of amides is 2. The van der Waals surface area contributed by atoms with E-state index in [9.17, 15) is 9.90 Å². The van der Waals surface area contributed by atoms with E-state index in [0.717, 1.165) is 21.9 Å². The van der Waals surface area contributed by atoms with Gasteiger partial charge in [-0.25, -0.2) is 4.79 Å². The maximum Gasteiger partial charge on any atom is 0.319 e. The van der Waals surface area contributed by atoms with E-state index in [-0.39, 0.29) is 12.6 Å². The third-order valence-electron chi connectivity index (χ3n) is 2.79. The Morgan fingerprint density at radius 1 is 1.43 bits per heavy atom. The van der Waals surface area contributed by atoms with E-state index in [1.54, 1.807) is 11.8 Å². The lowest BCUT2D eigenvalue weighted by molar-refractivity contribution is 0.175. The number of urea groups is 1. The van der Waals surface area contributed by atoms with Crippen molar-refractivity contribution in [3.63, 3.8) is 0 Å². The second kappa shape index (κ2) is 8.07. The fourth-order valence-corrected chi connectivity index (χ4v) is 3.20. The first-order chi connectivity index (χ1) is 10.2. The van der Waals surface area contributed by atoms with Crippen LogP contribution in [-0.2, 0) is 0 Å². The van der Waals surface area contributed by atoms with Crippen molar-refractivity contribution in [2.24, 2.45) is 0 Å². The largest absolute Gasteiger partial charge is 0.387 e. The van der Waals surface area contributed by atoms with Crippen LogP contribution in [0.25, 0.3) is 0 Å². The molecule has 2 rings (SSSR count). The monoisotopic (exact) mass is 322 g/mol. The highest BCUT2D eigenvalue weighted by atomic mass is 32.2. The lowest BCUT2D eigenvalue weighted by Gasteiger charge is -2.12. The molecular formula is C15H18N2O2S2. The van der Waals surface area contributed by atoms with Gasteiger partial charge in [0.1, 0.15) is 0 Å². The standard InChI is InChI=1S/C15H18N2O2S2/c1-2-21-13-5-3-4-12(8-13)17-15(19)16-9-14(18)11-6-7-20-10-11/h3-8,10,14,18H,2,9H2,1H3,(H2,16,17,19)/t14-/m1/s1. The SMILES string of the molecule is CCSc1cccc(NC(=O)NC[C@@H](O)c2ccsc2)c1. The Morgan fingerprint density at radius 2 is 2.29 bits per heavy atom. The Balaban J connectivity index is 1.83. The number of thiophene rings is 1. The predicted molar refractivity (Wildman–Crippen MR) is 89.1 cm³/mol. The molecule has 0 unspecified atom stereocenters. The molecule has 2 aromatic rings. The minimum atomic E-state index is -0.677. The number of carbonyl (C=O) groups excluding carboxylic acids is 1. The maximum atomic E-state index is 11.8. The number of thioether (sulfide) groups is 1. The average Bonchev–Trinajstić information content (AvgIpc) is 3.00. The number of aliphatic hydroxyl groups excluding tert-OH is 1. The highest BCUT2D eigenvalue weighted by Gasteiger charge is 2.09. The van der Waals surface area contributed by atoms with Crippen molar-refractivity contribution in [1.82, 2.24) is 5.32 Å². The summed E-state index contributed by atoms with van der Waals surface area (Å²) in [6, 6.07) is 9.23. The van der Waals surface area contributed by atoms with Gasteiger partial charge in [-0.1, -0.05) is 13.0 Å². The van der Waals surface area contributed by atoms with Gasteiger partial charge in [-0.3, -0.25) is 0 Å². The second-order valence-corrected chi connectivity index (χ2v) is 6.49. The molecule has 4 nitrogen and oxygen atoms in total. The summed E-state index contributed by atoms with van der Waals surface area (Å²) in [6.07, 6.45) is -0.677. The quantitative estimate of drug-likeness (QED) is 0.710. The molecule has 0 aliphatic heterocycles. The van der Waals surface area contributed by atoms with Crippen molar-refractivity contribution >= 4 is 34.8 Å². The zero-order chi connectivity index (χ0) is 15.1. The average molecular weight is 322 g/mol. The van der Waals surface area contributed by atoms with Gasteiger partial charge in [0.25, 0.3) is 0 Å². The zero-order valence-electron chi connectivity index (χ0n) is 11.7. The third kappa shape index (κ3) is 5.08. The molecular weight excluding hydrogens is 304 g/mol. The molecule has 6 heteroatoms. The number of hydrogen-bond donors (Lipinski definition) is 3. The Kier molecular flexibility index (Phi) is 6.10. The van der Waals surface area contributed by atoms with E-state index < -0.39 is 6.10 Å². The van der Waals surface area contributed by atoms with Crippen molar-refractivity contribution in [2.45, 2.75) is 17.9 Å². The van der Waals surface area contributed by atoms with Gasteiger partial charge in [-0.2, -0.15) is 11.3 Å². The molecule has 112 valence electrons. The van der Waals surface area contributed by atoms with Crippen LogP contribution in [0.1, 0.15) is 18.6 Å². The molecule has 21 heavy (non-hydrogen) atoms. The number of rotatable bonds is 6. The Bertz CT molecular complexity index is 573. The molecule has 0 saturated carbocycles. The van der Waals surface area contributed by atoms with Crippen LogP contribution < -0.4 is 10.6 Å². The third-order valence-corrected chi connectivity index (χ3v) is 4.36. The van der Waals surface area contributed by atoms with Crippen LogP contribution in [0, 0.1) is 0 Å². The van der Waals surface area contributed by atoms with Gasteiger partial charge in [-0.05, 0) is 46.3 Å². The van der Waals surface area contributed by atoms with E-state index in [1.807, 2.05) is 41.1 Å². The number of aliphatic hydroxyl groups is 1. The number of anilines is 1. The maximum absolute atomic E-state index is 11.8. The number of benzene rings is 1. The van der Waals surface area contributed by atoms with Crippen LogP contribution in [0.15, 0.2) is 46.0 Å². The summed E-state index contributed by atoms with van der Waals surface area (Å²) >= 11 is 3.24. The predicted octanol–water partition coefficient (Wildman–Crippen LogP) is 3.72. The Hall–Kier alpha value is -1.50. The van der Waals surface area contributed by atoms with Crippen LogP contribution in [0.2, 0.25) is 0 Å². The highest BCUT2D eigenvalue weighted by molar-refractivity contribution is 7.99. The second-order valence-electron chi connectivity index (χ2n) is 4.37. The van der Waals surface area contributed by atoms with Crippen molar-refractivity contribution < 1.29 is 9.90 Å². The minimum absolute atomic E-state index is 0.186. The number of hydrogen-bond acceptors (Lipinski definition) is 4. The minimum Gasteiger partial charge on any atom is -0.387 e. The van der Waals surface area contributed by atoms with Gasteiger partial charge in [-0.15, -0.1) is 11.8 Å². The summed E-state index contributed by atoms with van der Waals surface area (Å²) in [5, 5.41) is 19.1. The molecule has 0 bridgehead atoms. The molecule has 2 amide bonds. The van der Waals surface area contributed by atoms with E-state index in [2.05, 4.69) is 17.6 Å². The molecule has 1 heterocycles. The summed E-state index contributed by atoms with van der Waals surface area (Å²) in [6.45, 7) is 2.27. The lowest BCUT2D eigenvalue weighted by atomic mass is 10.2. The van der Waals surface area contributed by atoms with Gasteiger partial charge >= 0.3 is 6.03 Å². The summed E-state index contributed by atoms with van der Waals surface area (Å²) < 4.78 is 0. The van der Waals surface area contributed by atoms with Gasteiger partial charge in [0.05, 0.1) is 6.10 Å². The molecule has 1 aromatic heterocycles. The first-order valence-corrected chi connectivity index (χ1v) is 8.59. The van der Waals surface area contributed by atoms with E-state index in [4.69, 9.17) is 0 Å². The fourth-order valence-electron chi connectivity index (χ4n) is 1.78. The molecule has 0 aliphatic carbocycles. The van der Waals surface area contributed by atoms with Crippen LogP contribution >= 0.6 is 23.1 Å². The Morgan fingerprint density at radius 3 is 3.00 bits per heavy atom. The van der Waals surface area contributed by atoms with E-state index >= 15 is 0 Å². The highest BCUT2D eigenvalue weighted by Crippen LogP contribution is 2.21. The molecule has 1 aromatic carbocycles. The number of carbonyl (C=O) groups is 1. The van der Waals surface area contributed by atoms with E-state index in [1.165, 1.54) is 11.3 Å². The van der Waals surface area contributed by atoms with Crippen molar-refractivity contribution in [3.05, 3.63) is 46.7 Å². The fraction of sp³-hybridized carbons (Fsp3) is 0.267. The van der Waals surface area contributed by atoms with Crippen LogP contribution in [-0.4, -0.2) is 23.4 Å². The van der Waals surface area contributed by atoms with Crippen molar-refractivity contribution in [3.8, 4) is 0 Å². The normalized spacial score (nSPS) is 11.9. The van der Waals surface area contributed by atoms with Crippen LogP contribution in [0.4, 0.5) is 10.5 Å². The van der Waals surface area contributed by atoms with Crippen LogP contribution in [0.3, 0.4) is 0 Å². The molecule has 1 atom stereocenters. The molecule has 3 N–H and O–H groups in total. The van der Waals surface area contributed by atoms with Crippen molar-refractivity contribution in [1.29, 1.82) is 0 Å². The molecule has 0 radical (unpaired) electrons. The lowest BCUT2D eigenvalue weighted by Crippen LogP contribution is -2.32. The summed E-state index contributed by atoms with van der Waals surface area (Å²) in [7, 11) is 0. The van der Waals surface area contributed by atoms with Gasteiger partial charge in [0.2, 0.25) is 0 Å². The molecule has 0 spiro atoms. The summed E-state index contributed by atoms with van der Waals surface area (Å²) in [4.78, 5) is 12.9. The molecule has 0 fully saturated rings. The summed E-state index contributed by atoms with van der Waals surface area (Å²) in [5.41, 5.74) is 1.57. The first-order valence-electron chi connectivity index (χ1n) is 6.67. The van der Waals surface area contributed by atoms with Gasteiger partial charge < -0.3 is 15.7 Å². The Labute approximate surface area is 132 Å². The van der Waals surface area contributed by atoms with Crippen LogP contribution in [0.5, 0.6) is 0 Å². The smallest absolute Gasteiger partial charge is 0.319 e. The molecule has 0 saturated heterocycles. The molecule has 0 aliphatic rings. The number of nitrogens with one attached hydrogen (secondary N) is 2. The van der Waals surface area contributed by atoms with Gasteiger partial charge in [0.15, 0.2) is 0 Å². The van der Waals surface area contributed by atoms with Crippen molar-refractivity contribution in [2.75, 3.05) is 17.6 Å². The van der Waals surface area contributed by atoms with Gasteiger partial charge in [0, 0.05) is 17.1 Å². The zero-order valence-corrected chi connectivity index (χ0v) is 13.3. The topological polar surface area (TPSA) is 61.4 Å². The van der Waals surface area contributed by atoms with E-state index in [0.29, 0.717) is 0 Å². The summed E-state index contributed by atoms with van der Waals surface area (Å²) in [5.74, 6) is 0.989. The first kappa shape index (κ1) is 15.9.